The first kappa shape index (κ1) is 7.97. The van der Waals surface area contributed by atoms with Crippen molar-refractivity contribution >= 4 is 24.4 Å². The molecular weight excluding hydrogens is 179 g/mol. The molecule has 0 aliphatic carbocycles. The highest BCUT2D eigenvalue weighted by Crippen LogP contribution is 2.40. The van der Waals surface area contributed by atoms with Crippen molar-refractivity contribution in [2.45, 2.75) is 12.8 Å². The van der Waals surface area contributed by atoms with Crippen LogP contribution in [0.5, 0.6) is 0 Å². The van der Waals surface area contributed by atoms with Gasteiger partial charge in [0.05, 0.1) is 0 Å². The molecule has 6 nitrogen and oxygen atoms in total. The third-order valence-corrected chi connectivity index (χ3v) is 2.20. The molecule has 1 N–H and O–H groups in total. The fourth-order valence-corrected chi connectivity index (χ4v) is 1.62. The van der Waals surface area contributed by atoms with E-state index < -0.39 is 24.4 Å². The molecule has 2 aliphatic heterocycles. The number of rotatable bonds is 1. The van der Waals surface area contributed by atoms with Gasteiger partial charge in [0, 0.05) is 5.82 Å². The van der Waals surface area contributed by atoms with Crippen molar-refractivity contribution in [1.82, 2.24) is 0 Å². The van der Waals surface area contributed by atoms with Gasteiger partial charge in [-0.05, 0) is 0 Å². The first-order valence-corrected chi connectivity index (χ1v) is 3.71. The monoisotopic (exact) mass is 184 g/mol. The van der Waals surface area contributed by atoms with Crippen molar-refractivity contribution in [2.24, 2.45) is 0 Å². The lowest BCUT2D eigenvalue weighted by Crippen LogP contribution is -2.48. The minimum atomic E-state index is -2.81. The molecule has 0 aromatic heterocycles. The van der Waals surface area contributed by atoms with Crippen LogP contribution in [0, 0.1) is 5.82 Å². The summed E-state index contributed by atoms with van der Waals surface area (Å²) < 4.78 is 9.10. The summed E-state index contributed by atoms with van der Waals surface area (Å²) in [6.07, 6.45) is -0.254. The van der Waals surface area contributed by atoms with Gasteiger partial charge in [-0.3, -0.25) is 14.4 Å². The molecule has 2 fully saturated rings. The third-order valence-electron chi connectivity index (χ3n) is 2.20. The number of hydrogen-bond acceptors (Lipinski definition) is 5. The Balaban J connectivity index is 2.37. The van der Waals surface area contributed by atoms with Crippen molar-refractivity contribution in [3.05, 3.63) is 5.82 Å². The predicted molar refractivity (Wildman–Crippen MR) is 38.4 cm³/mol. The summed E-state index contributed by atoms with van der Waals surface area (Å²) in [4.78, 5) is 32.3. The Morgan fingerprint density at radius 3 is 2.08 bits per heavy atom. The average molecular weight is 184 g/mol. The molecule has 2 aliphatic rings. The Morgan fingerprint density at radius 2 is 1.77 bits per heavy atom. The Labute approximate surface area is 72.8 Å². The van der Waals surface area contributed by atoms with E-state index in [1.165, 1.54) is 0 Å². The minimum absolute atomic E-state index is 0.127. The van der Waals surface area contributed by atoms with E-state index in [1.54, 1.807) is 0 Å². The largest absolute Gasteiger partial charge is 0.662 e. The van der Waals surface area contributed by atoms with E-state index in [4.69, 9.17) is 5.11 Å². The summed E-state index contributed by atoms with van der Waals surface area (Å²) in [6.45, 7) is -2.81. The van der Waals surface area contributed by atoms with Gasteiger partial charge in [-0.1, -0.05) is 0 Å². The van der Waals surface area contributed by atoms with Gasteiger partial charge in [0.1, 0.15) is 12.8 Å². The zero-order chi connectivity index (χ0) is 9.64. The summed E-state index contributed by atoms with van der Waals surface area (Å²) in [5.74, 6) is -2.45. The van der Waals surface area contributed by atoms with Crippen LogP contribution in [0.15, 0.2) is 0 Å². The van der Waals surface area contributed by atoms with Crippen LogP contribution in [-0.4, -0.2) is 29.5 Å². The van der Waals surface area contributed by atoms with E-state index in [1.807, 2.05) is 0 Å². The van der Waals surface area contributed by atoms with Gasteiger partial charge in [-0.25, -0.2) is 0 Å². The van der Waals surface area contributed by atoms with Crippen molar-refractivity contribution < 1.29 is 28.8 Å². The zero-order valence-electron chi connectivity index (χ0n) is 6.48. The van der Waals surface area contributed by atoms with Crippen molar-refractivity contribution in [1.29, 1.82) is 0 Å². The number of fused-ring (bicyclic) bond motifs is 1. The number of hydrogen-bond donors (Lipinski definition) is 1. The molecule has 0 saturated carbocycles. The quantitative estimate of drug-likeness (QED) is 0.444. The molecule has 0 spiro atoms. The SMILES string of the molecule is O=C1C[C+]2CC(=O)O[B-]2(C(=O)O)O1. The van der Waals surface area contributed by atoms with Crippen LogP contribution >= 0.6 is 0 Å². The fourth-order valence-electron chi connectivity index (χ4n) is 1.62. The topological polar surface area (TPSA) is 89.9 Å². The molecule has 13 heavy (non-hydrogen) atoms. The second-order valence-corrected chi connectivity index (χ2v) is 3.04. The summed E-state index contributed by atoms with van der Waals surface area (Å²) in [7, 11) is 0. The fraction of sp³-hybridized carbons (Fsp3) is 0.333. The number of carbonyl (C=O) groups excluding carboxylic acids is 2. The van der Waals surface area contributed by atoms with Crippen molar-refractivity contribution in [3.8, 4) is 0 Å². The summed E-state index contributed by atoms with van der Waals surface area (Å²) in [5.41, 5.74) is 0. The molecule has 2 heterocycles. The Hall–Kier alpha value is -1.66. The molecule has 0 atom stereocenters. The zero-order valence-corrected chi connectivity index (χ0v) is 6.48. The van der Waals surface area contributed by atoms with Crippen LogP contribution in [0.4, 0.5) is 4.79 Å². The molecule has 2 rings (SSSR count). The highest BCUT2D eigenvalue weighted by molar-refractivity contribution is 7.03. The third kappa shape index (κ3) is 0.897. The highest BCUT2D eigenvalue weighted by atomic mass is 16.7. The van der Waals surface area contributed by atoms with Crippen LogP contribution < -0.4 is 0 Å². The van der Waals surface area contributed by atoms with Crippen LogP contribution in [0.25, 0.3) is 0 Å². The van der Waals surface area contributed by atoms with E-state index in [-0.39, 0.29) is 18.7 Å². The lowest BCUT2D eigenvalue weighted by atomic mass is 9.49. The van der Waals surface area contributed by atoms with Crippen LogP contribution in [0.1, 0.15) is 12.8 Å². The molecule has 0 radical (unpaired) electrons. The molecular formula is C6H5BO6. The molecule has 7 heteroatoms. The normalized spacial score (nSPS) is 23.8. The van der Waals surface area contributed by atoms with Crippen molar-refractivity contribution in [2.75, 3.05) is 0 Å². The van der Waals surface area contributed by atoms with Gasteiger partial charge in [-0.15, -0.1) is 0 Å². The second-order valence-electron chi connectivity index (χ2n) is 3.04. The number of carboxylic acid groups (broad SMARTS) is 1. The standard InChI is InChI=1S/C6H5BO6/c8-4-1-3-2-5(9)13-7(3,12-4)6(10)11/h1-2H2,(H,10,11). The molecule has 0 unspecified atom stereocenters. The van der Waals surface area contributed by atoms with E-state index >= 15 is 0 Å². The smallest absolute Gasteiger partial charge is 0.606 e. The first-order valence-electron chi connectivity index (χ1n) is 3.71. The van der Waals surface area contributed by atoms with E-state index in [0.29, 0.717) is 0 Å². The molecule has 0 bridgehead atoms. The van der Waals surface area contributed by atoms with E-state index in [2.05, 4.69) is 9.31 Å². The molecule has 0 aromatic carbocycles. The molecule has 2 saturated heterocycles. The van der Waals surface area contributed by atoms with E-state index in [0.717, 1.165) is 0 Å². The van der Waals surface area contributed by atoms with Crippen molar-refractivity contribution in [3.63, 3.8) is 0 Å². The highest BCUT2D eigenvalue weighted by Gasteiger charge is 2.70. The molecule has 68 valence electrons. The Morgan fingerprint density at radius 1 is 1.31 bits per heavy atom. The van der Waals surface area contributed by atoms with Gasteiger partial charge in [0.25, 0.3) is 5.87 Å². The summed E-state index contributed by atoms with van der Waals surface area (Å²) >= 11 is 0. The lowest BCUT2D eigenvalue weighted by Gasteiger charge is -2.18. The first-order chi connectivity index (χ1) is 6.04. The van der Waals surface area contributed by atoms with Gasteiger partial charge in [0.2, 0.25) is 0 Å². The lowest BCUT2D eigenvalue weighted by molar-refractivity contribution is -0.138. The maximum atomic E-state index is 10.8. The Bertz CT molecular complexity index is 290. The van der Waals surface area contributed by atoms with Crippen LogP contribution in [-0.2, 0) is 18.9 Å². The van der Waals surface area contributed by atoms with Gasteiger partial charge < -0.3 is 14.4 Å². The second kappa shape index (κ2) is 2.18. The predicted octanol–water partition coefficient (Wildman–Crippen LogP) is -0.304. The van der Waals surface area contributed by atoms with Gasteiger partial charge in [0.15, 0.2) is 0 Å². The molecule has 0 amide bonds. The Kier molecular flexibility index (Phi) is 1.34. The minimum Gasteiger partial charge on any atom is -0.606 e. The molecule has 0 aromatic rings. The maximum absolute atomic E-state index is 10.8. The van der Waals surface area contributed by atoms with Crippen LogP contribution in [0.2, 0.25) is 0 Å². The summed E-state index contributed by atoms with van der Waals surface area (Å²) in [6, 6.07) is 0. The average Bonchev–Trinajstić information content (AvgIpc) is 2.40. The van der Waals surface area contributed by atoms with Gasteiger partial charge >= 0.3 is 18.5 Å². The van der Waals surface area contributed by atoms with Gasteiger partial charge in [-0.2, -0.15) is 0 Å². The summed E-state index contributed by atoms with van der Waals surface area (Å²) in [5, 5.41) is 8.76. The van der Waals surface area contributed by atoms with Crippen LogP contribution in [0.3, 0.4) is 0 Å². The van der Waals surface area contributed by atoms with E-state index in [9.17, 15) is 14.4 Å². The maximum Gasteiger partial charge on any atom is 0.662 e. The number of carbonyl (C=O) groups is 3.